The number of amides is 3. The van der Waals surface area contributed by atoms with Gasteiger partial charge in [0.15, 0.2) is 11.5 Å². The van der Waals surface area contributed by atoms with Crippen LogP contribution < -0.4 is 20.1 Å². The van der Waals surface area contributed by atoms with E-state index in [1.54, 1.807) is 20.3 Å². The first kappa shape index (κ1) is 19.8. The Morgan fingerprint density at radius 1 is 0.846 bits per heavy atom. The third-order valence-electron chi connectivity index (χ3n) is 4.31. The van der Waals surface area contributed by atoms with Crippen molar-refractivity contribution in [2.45, 2.75) is 52.4 Å². The zero-order chi connectivity index (χ0) is 19.9. The summed E-state index contributed by atoms with van der Waals surface area (Å²) in [5.41, 5.74) is 2.54. The summed E-state index contributed by atoms with van der Waals surface area (Å²) < 4.78 is 11.4. The van der Waals surface area contributed by atoms with Gasteiger partial charge in [-0.25, -0.2) is 4.79 Å². The Morgan fingerprint density at radius 2 is 1.38 bits per heavy atom. The van der Waals surface area contributed by atoms with E-state index in [1.807, 2.05) is 0 Å². The number of imide groups is 1. The Labute approximate surface area is 154 Å². The summed E-state index contributed by atoms with van der Waals surface area (Å²) in [4.78, 5) is 23.5. The summed E-state index contributed by atoms with van der Waals surface area (Å²) in [5, 5.41) is 4.75. The molecule has 1 aromatic rings. The Balaban J connectivity index is 2.87. The SMILES string of the molecule is COc1c(C(C)(C)C)cc(C(C)(C)C)c(/C=C2\NC(=O)NC2=O)c1OC. The fraction of sp³-hybridized carbons (Fsp3) is 0.500. The lowest BCUT2D eigenvalue weighted by Crippen LogP contribution is -2.22. The van der Waals surface area contributed by atoms with E-state index in [1.165, 1.54) is 0 Å². The summed E-state index contributed by atoms with van der Waals surface area (Å²) in [7, 11) is 3.18. The molecule has 0 spiro atoms. The molecular weight excluding hydrogens is 332 g/mol. The lowest BCUT2D eigenvalue weighted by Gasteiger charge is -2.30. The van der Waals surface area contributed by atoms with Crippen LogP contribution in [0.15, 0.2) is 11.8 Å². The third kappa shape index (κ3) is 3.69. The molecule has 26 heavy (non-hydrogen) atoms. The summed E-state index contributed by atoms with van der Waals surface area (Å²) in [5.74, 6) is 0.714. The van der Waals surface area contributed by atoms with Crippen molar-refractivity contribution in [1.82, 2.24) is 10.6 Å². The van der Waals surface area contributed by atoms with Crippen LogP contribution in [-0.4, -0.2) is 26.2 Å². The molecule has 3 amide bonds. The topological polar surface area (TPSA) is 76.7 Å². The molecule has 1 saturated heterocycles. The minimum atomic E-state index is -0.532. The Morgan fingerprint density at radius 3 is 1.77 bits per heavy atom. The van der Waals surface area contributed by atoms with E-state index >= 15 is 0 Å². The van der Waals surface area contributed by atoms with E-state index in [-0.39, 0.29) is 16.5 Å². The first-order valence-corrected chi connectivity index (χ1v) is 8.54. The first-order chi connectivity index (χ1) is 11.9. The molecule has 1 aromatic carbocycles. The Hall–Kier alpha value is -2.50. The van der Waals surface area contributed by atoms with Crippen molar-refractivity contribution in [3.05, 3.63) is 28.5 Å². The van der Waals surface area contributed by atoms with Crippen LogP contribution in [0, 0.1) is 0 Å². The van der Waals surface area contributed by atoms with E-state index in [0.717, 1.165) is 16.7 Å². The number of urea groups is 1. The standard InChI is InChI=1S/C20H28N2O4/c1-19(2,3)12-10-13(20(4,5)6)16(26-8)15(25-7)11(12)9-14-17(23)22-18(24)21-14/h9-10H,1-8H3,(H2,21,22,23,24)/b14-9-. The number of carbonyl (C=O) groups is 2. The van der Waals surface area contributed by atoms with Crippen molar-refractivity contribution in [2.24, 2.45) is 0 Å². The smallest absolute Gasteiger partial charge is 0.326 e. The van der Waals surface area contributed by atoms with Crippen LogP contribution in [0.2, 0.25) is 0 Å². The van der Waals surface area contributed by atoms with Crippen LogP contribution in [0.25, 0.3) is 6.08 Å². The second-order valence-electron chi connectivity index (χ2n) is 8.42. The van der Waals surface area contributed by atoms with E-state index in [0.29, 0.717) is 11.5 Å². The van der Waals surface area contributed by atoms with Gasteiger partial charge in [-0.15, -0.1) is 0 Å². The van der Waals surface area contributed by atoms with Crippen LogP contribution >= 0.6 is 0 Å². The molecule has 6 nitrogen and oxygen atoms in total. The highest BCUT2D eigenvalue weighted by Crippen LogP contribution is 2.46. The maximum Gasteiger partial charge on any atom is 0.326 e. The number of ether oxygens (including phenoxy) is 2. The van der Waals surface area contributed by atoms with Crippen molar-refractivity contribution < 1.29 is 19.1 Å². The highest BCUT2D eigenvalue weighted by Gasteiger charge is 2.31. The average Bonchev–Trinajstić information content (AvgIpc) is 2.81. The number of hydrogen-bond donors (Lipinski definition) is 2. The molecule has 0 atom stereocenters. The second kappa shape index (κ2) is 6.67. The molecule has 0 radical (unpaired) electrons. The van der Waals surface area contributed by atoms with Gasteiger partial charge in [0.25, 0.3) is 5.91 Å². The van der Waals surface area contributed by atoms with Gasteiger partial charge in [0.05, 0.1) is 14.2 Å². The van der Waals surface area contributed by atoms with Crippen molar-refractivity contribution in [2.75, 3.05) is 14.2 Å². The molecule has 6 heteroatoms. The van der Waals surface area contributed by atoms with Crippen molar-refractivity contribution in [3.8, 4) is 11.5 Å². The molecular formula is C20H28N2O4. The lowest BCUT2D eigenvalue weighted by atomic mass is 9.77. The highest BCUT2D eigenvalue weighted by atomic mass is 16.5. The van der Waals surface area contributed by atoms with Crippen LogP contribution in [-0.2, 0) is 15.6 Å². The molecule has 0 unspecified atom stereocenters. The highest BCUT2D eigenvalue weighted by molar-refractivity contribution is 6.14. The molecule has 2 N–H and O–H groups in total. The van der Waals surface area contributed by atoms with Gasteiger partial charge in [-0.1, -0.05) is 47.6 Å². The van der Waals surface area contributed by atoms with Gasteiger partial charge in [0.1, 0.15) is 5.70 Å². The van der Waals surface area contributed by atoms with Crippen LogP contribution in [0.3, 0.4) is 0 Å². The summed E-state index contributed by atoms with van der Waals surface area (Å²) in [6.07, 6.45) is 1.65. The predicted octanol–water partition coefficient (Wildman–Crippen LogP) is 3.48. The second-order valence-corrected chi connectivity index (χ2v) is 8.42. The number of benzene rings is 1. The largest absolute Gasteiger partial charge is 0.493 e. The van der Waals surface area contributed by atoms with Crippen molar-refractivity contribution >= 4 is 18.0 Å². The van der Waals surface area contributed by atoms with Crippen molar-refractivity contribution in [3.63, 3.8) is 0 Å². The molecule has 142 valence electrons. The fourth-order valence-corrected chi connectivity index (χ4v) is 3.01. The summed E-state index contributed by atoms with van der Waals surface area (Å²) in [6, 6.07) is 1.57. The Kier molecular flexibility index (Phi) is 5.08. The van der Waals surface area contributed by atoms with Gasteiger partial charge >= 0.3 is 6.03 Å². The van der Waals surface area contributed by atoms with E-state index < -0.39 is 11.9 Å². The maximum atomic E-state index is 12.0. The van der Waals surface area contributed by atoms with Gasteiger partial charge in [-0.3, -0.25) is 10.1 Å². The minimum Gasteiger partial charge on any atom is -0.493 e. The molecule has 2 rings (SSSR count). The zero-order valence-electron chi connectivity index (χ0n) is 16.8. The minimum absolute atomic E-state index is 0.163. The number of hydrogen-bond acceptors (Lipinski definition) is 4. The Bertz CT molecular complexity index is 780. The fourth-order valence-electron chi connectivity index (χ4n) is 3.01. The number of nitrogens with one attached hydrogen (secondary N) is 2. The first-order valence-electron chi connectivity index (χ1n) is 8.54. The van der Waals surface area contributed by atoms with Crippen LogP contribution in [0.5, 0.6) is 11.5 Å². The van der Waals surface area contributed by atoms with Gasteiger partial charge in [-0.2, -0.15) is 0 Å². The predicted molar refractivity (Wildman–Crippen MR) is 102 cm³/mol. The number of rotatable bonds is 3. The molecule has 0 aliphatic carbocycles. The molecule has 0 saturated carbocycles. The van der Waals surface area contributed by atoms with Gasteiger partial charge < -0.3 is 14.8 Å². The number of methoxy groups -OCH3 is 2. The van der Waals surface area contributed by atoms with E-state index in [4.69, 9.17) is 9.47 Å². The van der Waals surface area contributed by atoms with Crippen LogP contribution in [0.4, 0.5) is 4.79 Å². The van der Waals surface area contributed by atoms with Crippen LogP contribution in [0.1, 0.15) is 58.2 Å². The normalized spacial score (nSPS) is 16.5. The lowest BCUT2D eigenvalue weighted by molar-refractivity contribution is -0.115. The monoisotopic (exact) mass is 360 g/mol. The molecule has 1 aliphatic rings. The molecule has 0 aromatic heterocycles. The summed E-state index contributed by atoms with van der Waals surface area (Å²) >= 11 is 0. The molecule has 1 fully saturated rings. The maximum absolute atomic E-state index is 12.0. The summed E-state index contributed by atoms with van der Waals surface area (Å²) in [6.45, 7) is 12.6. The van der Waals surface area contributed by atoms with Gasteiger partial charge in [0.2, 0.25) is 0 Å². The zero-order valence-corrected chi connectivity index (χ0v) is 16.8. The average molecular weight is 360 g/mol. The third-order valence-corrected chi connectivity index (χ3v) is 4.31. The van der Waals surface area contributed by atoms with Gasteiger partial charge in [0, 0.05) is 11.1 Å². The van der Waals surface area contributed by atoms with Gasteiger partial charge in [-0.05, 0) is 22.5 Å². The van der Waals surface area contributed by atoms with Crippen molar-refractivity contribution in [1.29, 1.82) is 0 Å². The molecule has 1 heterocycles. The molecule has 0 bridgehead atoms. The quantitative estimate of drug-likeness (QED) is 0.639. The number of carbonyl (C=O) groups excluding carboxylic acids is 2. The van der Waals surface area contributed by atoms with E-state index in [2.05, 4.69) is 58.2 Å². The van der Waals surface area contributed by atoms with E-state index in [9.17, 15) is 9.59 Å². The molecule has 1 aliphatic heterocycles.